The molecule has 1 N–H and O–H groups in total. The first-order valence-electron chi connectivity index (χ1n) is 9.13. The lowest BCUT2D eigenvalue weighted by molar-refractivity contribution is -0.150. The second kappa shape index (κ2) is 7.14. The molecule has 0 aromatic heterocycles. The highest BCUT2D eigenvalue weighted by Gasteiger charge is 2.39. The summed E-state index contributed by atoms with van der Waals surface area (Å²) in [4.78, 5) is 14.0. The van der Waals surface area contributed by atoms with Crippen molar-refractivity contribution in [1.29, 1.82) is 0 Å². The van der Waals surface area contributed by atoms with E-state index in [1.165, 1.54) is 18.4 Å². The molecular weight excluding hydrogens is 302 g/mol. The molecule has 0 unspecified atom stereocenters. The third kappa shape index (κ3) is 3.59. The van der Waals surface area contributed by atoms with E-state index in [4.69, 9.17) is 4.74 Å². The van der Waals surface area contributed by atoms with Crippen molar-refractivity contribution in [3.8, 4) is 5.75 Å². The van der Waals surface area contributed by atoms with Gasteiger partial charge in [0, 0.05) is 6.04 Å². The van der Waals surface area contributed by atoms with Gasteiger partial charge in [-0.2, -0.15) is 0 Å². The molecule has 4 heteroatoms. The van der Waals surface area contributed by atoms with Crippen molar-refractivity contribution in [2.75, 3.05) is 20.2 Å². The van der Waals surface area contributed by atoms with Gasteiger partial charge in [-0.25, -0.2) is 0 Å². The van der Waals surface area contributed by atoms with E-state index >= 15 is 0 Å². The molecule has 132 valence electrons. The van der Waals surface area contributed by atoms with Gasteiger partial charge in [-0.1, -0.05) is 12.1 Å². The zero-order chi connectivity index (χ0) is 17.2. The second-order valence-electron chi connectivity index (χ2n) is 7.68. The molecule has 4 nitrogen and oxygen atoms in total. The molecule has 1 aromatic rings. The van der Waals surface area contributed by atoms with Gasteiger partial charge >= 0.3 is 5.97 Å². The molecule has 0 spiro atoms. The number of hydrogen-bond acceptors (Lipinski definition) is 3. The monoisotopic (exact) mass is 331 g/mol. The Morgan fingerprint density at radius 1 is 1.12 bits per heavy atom. The van der Waals surface area contributed by atoms with Gasteiger partial charge in [0.15, 0.2) is 0 Å². The average Bonchev–Trinajstić information content (AvgIpc) is 2.62. The Kier molecular flexibility index (Phi) is 5.14. The Hall–Kier alpha value is -1.55. The summed E-state index contributed by atoms with van der Waals surface area (Å²) in [5, 5.41) is 9.37. The van der Waals surface area contributed by atoms with Crippen LogP contribution in [0, 0.1) is 5.41 Å². The lowest BCUT2D eigenvalue weighted by Crippen LogP contribution is -2.45. The number of benzene rings is 1. The highest BCUT2D eigenvalue weighted by atomic mass is 16.5. The molecule has 1 saturated carbocycles. The van der Waals surface area contributed by atoms with Crippen LogP contribution in [0.4, 0.5) is 0 Å². The molecule has 1 aromatic carbocycles. The summed E-state index contributed by atoms with van der Waals surface area (Å²) in [6, 6.07) is 9.07. The van der Waals surface area contributed by atoms with E-state index in [0.29, 0.717) is 12.0 Å². The van der Waals surface area contributed by atoms with Gasteiger partial charge in [-0.15, -0.1) is 0 Å². The van der Waals surface area contributed by atoms with Crippen LogP contribution < -0.4 is 4.74 Å². The Labute approximate surface area is 144 Å². The highest BCUT2D eigenvalue weighted by Crippen LogP contribution is 2.39. The summed E-state index contributed by atoms with van der Waals surface area (Å²) in [6.45, 7) is 4.16. The maximum atomic E-state index is 11.4. The predicted molar refractivity (Wildman–Crippen MR) is 94.5 cm³/mol. The maximum Gasteiger partial charge on any atom is 0.309 e. The van der Waals surface area contributed by atoms with Gasteiger partial charge in [0.1, 0.15) is 5.75 Å². The van der Waals surface area contributed by atoms with Crippen LogP contribution in [0.15, 0.2) is 24.3 Å². The minimum absolute atomic E-state index is 0.502. The SMILES string of the molecule is COc1ccc(C2CCN(C3CCC(C)(C(=O)O)CC3)CC2)cc1. The maximum absolute atomic E-state index is 11.4. The standard InChI is InChI=1S/C20H29NO3/c1-20(19(22)23)11-7-17(8-12-20)21-13-9-16(10-14-21)15-3-5-18(24-2)6-4-15/h3-6,16-17H,7-14H2,1-2H3,(H,22,23). The minimum atomic E-state index is -0.626. The molecule has 2 fully saturated rings. The van der Waals surface area contributed by atoms with Gasteiger partial charge in [0.2, 0.25) is 0 Å². The number of methoxy groups -OCH3 is 1. The van der Waals surface area contributed by atoms with Gasteiger partial charge in [-0.05, 0) is 82.2 Å². The molecule has 1 saturated heterocycles. The topological polar surface area (TPSA) is 49.8 Å². The van der Waals surface area contributed by atoms with Gasteiger partial charge in [0.25, 0.3) is 0 Å². The summed E-state index contributed by atoms with van der Waals surface area (Å²) < 4.78 is 5.24. The van der Waals surface area contributed by atoms with Crippen molar-refractivity contribution in [3.05, 3.63) is 29.8 Å². The summed E-state index contributed by atoms with van der Waals surface area (Å²) in [6.07, 6.45) is 6.06. The lowest BCUT2D eigenvalue weighted by atomic mass is 9.73. The zero-order valence-corrected chi connectivity index (χ0v) is 14.8. The molecule has 1 aliphatic heterocycles. The van der Waals surface area contributed by atoms with E-state index in [0.717, 1.165) is 44.5 Å². The molecule has 0 radical (unpaired) electrons. The smallest absolute Gasteiger partial charge is 0.309 e. The summed E-state index contributed by atoms with van der Waals surface area (Å²) in [5.74, 6) is 0.930. The van der Waals surface area contributed by atoms with Gasteiger partial charge < -0.3 is 14.7 Å². The number of carbonyl (C=O) groups is 1. The highest BCUT2D eigenvalue weighted by molar-refractivity contribution is 5.74. The molecular formula is C20H29NO3. The first kappa shape index (κ1) is 17.3. The summed E-state index contributed by atoms with van der Waals surface area (Å²) in [7, 11) is 1.70. The number of aliphatic carboxylic acids is 1. The molecule has 0 bridgehead atoms. The van der Waals surface area contributed by atoms with E-state index in [2.05, 4.69) is 29.2 Å². The Morgan fingerprint density at radius 3 is 2.21 bits per heavy atom. The van der Waals surface area contributed by atoms with Gasteiger partial charge in [0.05, 0.1) is 12.5 Å². The third-order valence-corrected chi connectivity index (χ3v) is 6.21. The van der Waals surface area contributed by atoms with E-state index in [1.54, 1.807) is 7.11 Å². The number of ether oxygens (including phenoxy) is 1. The molecule has 0 amide bonds. The number of rotatable bonds is 4. The van der Waals surface area contributed by atoms with E-state index in [1.807, 2.05) is 6.92 Å². The predicted octanol–water partition coefficient (Wildman–Crippen LogP) is 3.91. The van der Waals surface area contributed by atoms with E-state index < -0.39 is 11.4 Å². The quantitative estimate of drug-likeness (QED) is 0.909. The van der Waals surface area contributed by atoms with Crippen molar-refractivity contribution in [2.45, 2.75) is 57.4 Å². The van der Waals surface area contributed by atoms with Crippen LogP contribution in [0.2, 0.25) is 0 Å². The van der Waals surface area contributed by atoms with Crippen LogP contribution in [-0.2, 0) is 4.79 Å². The number of nitrogens with zero attached hydrogens (tertiary/aromatic N) is 1. The molecule has 3 rings (SSSR count). The minimum Gasteiger partial charge on any atom is -0.497 e. The third-order valence-electron chi connectivity index (χ3n) is 6.21. The van der Waals surface area contributed by atoms with Crippen LogP contribution in [-0.4, -0.2) is 42.2 Å². The van der Waals surface area contributed by atoms with Crippen LogP contribution in [0.3, 0.4) is 0 Å². The summed E-state index contributed by atoms with van der Waals surface area (Å²) >= 11 is 0. The second-order valence-corrected chi connectivity index (χ2v) is 7.68. The fourth-order valence-electron chi connectivity index (χ4n) is 4.29. The number of hydrogen-bond donors (Lipinski definition) is 1. The van der Waals surface area contributed by atoms with Crippen molar-refractivity contribution in [3.63, 3.8) is 0 Å². The molecule has 2 aliphatic rings. The van der Waals surface area contributed by atoms with Crippen molar-refractivity contribution < 1.29 is 14.6 Å². The van der Waals surface area contributed by atoms with Crippen LogP contribution in [0.1, 0.15) is 56.9 Å². The lowest BCUT2D eigenvalue weighted by Gasteiger charge is -2.42. The largest absolute Gasteiger partial charge is 0.497 e. The normalized spacial score (nSPS) is 29.3. The Morgan fingerprint density at radius 2 is 1.71 bits per heavy atom. The molecule has 24 heavy (non-hydrogen) atoms. The van der Waals surface area contributed by atoms with Crippen molar-refractivity contribution in [2.24, 2.45) is 5.41 Å². The van der Waals surface area contributed by atoms with E-state index in [9.17, 15) is 9.90 Å². The fourth-order valence-corrected chi connectivity index (χ4v) is 4.29. The Balaban J connectivity index is 1.51. The first-order chi connectivity index (χ1) is 11.5. The van der Waals surface area contributed by atoms with Gasteiger partial charge in [-0.3, -0.25) is 4.79 Å². The van der Waals surface area contributed by atoms with E-state index in [-0.39, 0.29) is 0 Å². The van der Waals surface area contributed by atoms with Crippen molar-refractivity contribution >= 4 is 5.97 Å². The average molecular weight is 331 g/mol. The number of carboxylic acids is 1. The summed E-state index contributed by atoms with van der Waals surface area (Å²) in [5.41, 5.74) is 0.912. The van der Waals surface area contributed by atoms with Crippen LogP contribution >= 0.6 is 0 Å². The number of likely N-dealkylation sites (tertiary alicyclic amines) is 1. The Bertz CT molecular complexity index is 553. The number of carboxylic acid groups (broad SMARTS) is 1. The first-order valence-corrected chi connectivity index (χ1v) is 9.13. The fraction of sp³-hybridized carbons (Fsp3) is 0.650. The zero-order valence-electron chi connectivity index (χ0n) is 14.8. The van der Waals surface area contributed by atoms with Crippen LogP contribution in [0.25, 0.3) is 0 Å². The molecule has 0 atom stereocenters. The molecule has 1 heterocycles. The van der Waals surface area contributed by atoms with Crippen molar-refractivity contribution in [1.82, 2.24) is 4.90 Å². The number of piperidine rings is 1. The molecule has 1 aliphatic carbocycles. The van der Waals surface area contributed by atoms with Crippen LogP contribution in [0.5, 0.6) is 5.75 Å².